The van der Waals surface area contributed by atoms with Gasteiger partial charge in [-0.1, -0.05) is 23.7 Å². The van der Waals surface area contributed by atoms with E-state index in [2.05, 4.69) is 10.6 Å². The third-order valence-electron chi connectivity index (χ3n) is 3.90. The number of ether oxygens (including phenoxy) is 2. The van der Waals surface area contributed by atoms with E-state index in [1.54, 1.807) is 42.5 Å². The fourth-order valence-electron chi connectivity index (χ4n) is 2.19. The maximum atomic E-state index is 12.7. The molecule has 138 valence electrons. The van der Waals surface area contributed by atoms with Gasteiger partial charge in [-0.05, 0) is 44.2 Å². The zero-order chi connectivity index (χ0) is 19.3. The molecule has 0 atom stereocenters. The van der Waals surface area contributed by atoms with Crippen LogP contribution in [0.15, 0.2) is 42.5 Å². The van der Waals surface area contributed by atoms with Crippen molar-refractivity contribution in [2.45, 2.75) is 13.8 Å². The molecule has 0 fully saturated rings. The lowest BCUT2D eigenvalue weighted by molar-refractivity contribution is -0.135. The first kappa shape index (κ1) is 19.6. The molecule has 0 heterocycles. The molecule has 0 saturated carbocycles. The number of carbonyl (C=O) groups excluding carboxylic acids is 2. The predicted molar refractivity (Wildman–Crippen MR) is 102 cm³/mol. The van der Waals surface area contributed by atoms with Gasteiger partial charge in [0.1, 0.15) is 16.9 Å². The molecule has 2 aromatic carbocycles. The molecule has 7 heteroatoms. The van der Waals surface area contributed by atoms with Crippen molar-refractivity contribution >= 4 is 34.8 Å². The number of para-hydroxylation sites is 2. The molecular formula is C19H21ClN2O4. The van der Waals surface area contributed by atoms with Crippen LogP contribution in [-0.2, 0) is 9.59 Å². The first-order chi connectivity index (χ1) is 12.3. The van der Waals surface area contributed by atoms with Crippen molar-refractivity contribution in [1.29, 1.82) is 0 Å². The molecule has 2 amide bonds. The Morgan fingerprint density at radius 3 is 2.04 bits per heavy atom. The van der Waals surface area contributed by atoms with E-state index in [0.717, 1.165) is 0 Å². The molecule has 2 N–H and O–H groups in total. The first-order valence-corrected chi connectivity index (χ1v) is 8.27. The number of rotatable bonds is 6. The van der Waals surface area contributed by atoms with Crippen LogP contribution in [-0.4, -0.2) is 26.0 Å². The molecule has 26 heavy (non-hydrogen) atoms. The summed E-state index contributed by atoms with van der Waals surface area (Å²) in [5.74, 6) is -0.0109. The molecule has 0 spiro atoms. The fraction of sp³-hybridized carbons (Fsp3) is 0.263. The van der Waals surface area contributed by atoms with Crippen molar-refractivity contribution < 1.29 is 19.1 Å². The fourth-order valence-corrected chi connectivity index (χ4v) is 2.36. The Labute approximate surface area is 157 Å². The summed E-state index contributed by atoms with van der Waals surface area (Å²) in [5.41, 5.74) is -0.474. The average molecular weight is 377 g/mol. The lowest BCUT2D eigenvalue weighted by atomic mass is 9.90. The van der Waals surface area contributed by atoms with Crippen LogP contribution in [0.2, 0.25) is 5.02 Å². The van der Waals surface area contributed by atoms with Gasteiger partial charge in [0, 0.05) is 5.02 Å². The maximum Gasteiger partial charge on any atom is 0.239 e. The third kappa shape index (κ3) is 4.26. The van der Waals surface area contributed by atoms with Gasteiger partial charge in [-0.25, -0.2) is 0 Å². The van der Waals surface area contributed by atoms with E-state index in [0.29, 0.717) is 27.9 Å². The van der Waals surface area contributed by atoms with Gasteiger partial charge in [0.15, 0.2) is 0 Å². The lowest BCUT2D eigenvalue weighted by Crippen LogP contribution is -2.41. The highest BCUT2D eigenvalue weighted by Crippen LogP contribution is 2.31. The smallest absolute Gasteiger partial charge is 0.239 e. The van der Waals surface area contributed by atoms with Gasteiger partial charge in [0.2, 0.25) is 11.8 Å². The quantitative estimate of drug-likeness (QED) is 0.748. The molecule has 0 bridgehead atoms. The van der Waals surface area contributed by atoms with Crippen LogP contribution in [0.4, 0.5) is 11.4 Å². The SMILES string of the molecule is COc1ccccc1NC(=O)C(C)(C)C(=O)Nc1cc(Cl)ccc1OC. The van der Waals surface area contributed by atoms with Gasteiger partial charge in [-0.2, -0.15) is 0 Å². The number of anilines is 2. The highest BCUT2D eigenvalue weighted by atomic mass is 35.5. The Morgan fingerprint density at radius 1 is 0.885 bits per heavy atom. The van der Waals surface area contributed by atoms with E-state index in [1.807, 2.05) is 0 Å². The largest absolute Gasteiger partial charge is 0.495 e. The summed E-state index contributed by atoms with van der Waals surface area (Å²) in [6.45, 7) is 3.06. The molecule has 0 saturated heterocycles. The van der Waals surface area contributed by atoms with E-state index in [9.17, 15) is 9.59 Å². The average Bonchev–Trinajstić information content (AvgIpc) is 2.62. The summed E-state index contributed by atoms with van der Waals surface area (Å²) in [7, 11) is 2.99. The van der Waals surface area contributed by atoms with Crippen molar-refractivity contribution in [3.63, 3.8) is 0 Å². The monoisotopic (exact) mass is 376 g/mol. The number of hydrogen-bond donors (Lipinski definition) is 2. The van der Waals surface area contributed by atoms with Gasteiger partial charge in [0.05, 0.1) is 25.6 Å². The van der Waals surface area contributed by atoms with Crippen LogP contribution in [0.25, 0.3) is 0 Å². The number of amides is 2. The molecule has 0 aliphatic carbocycles. The number of hydrogen-bond acceptors (Lipinski definition) is 4. The molecule has 0 radical (unpaired) electrons. The molecule has 2 aromatic rings. The zero-order valence-corrected chi connectivity index (χ0v) is 15.8. The van der Waals surface area contributed by atoms with Gasteiger partial charge >= 0.3 is 0 Å². The first-order valence-electron chi connectivity index (χ1n) is 7.89. The van der Waals surface area contributed by atoms with E-state index in [-0.39, 0.29) is 0 Å². The minimum absolute atomic E-state index is 0.392. The zero-order valence-electron chi connectivity index (χ0n) is 15.1. The molecular weight excluding hydrogens is 356 g/mol. The van der Waals surface area contributed by atoms with Crippen LogP contribution < -0.4 is 20.1 Å². The van der Waals surface area contributed by atoms with Crippen LogP contribution in [0, 0.1) is 5.41 Å². The Hall–Kier alpha value is -2.73. The van der Waals surface area contributed by atoms with Crippen molar-refractivity contribution in [2.24, 2.45) is 5.41 Å². The van der Waals surface area contributed by atoms with Crippen molar-refractivity contribution in [1.82, 2.24) is 0 Å². The number of methoxy groups -OCH3 is 2. The van der Waals surface area contributed by atoms with Gasteiger partial charge in [-0.3, -0.25) is 9.59 Å². The summed E-state index contributed by atoms with van der Waals surface area (Å²) in [4.78, 5) is 25.4. The second-order valence-corrected chi connectivity index (χ2v) is 6.51. The normalized spacial score (nSPS) is 10.8. The number of carbonyl (C=O) groups is 2. The number of nitrogens with one attached hydrogen (secondary N) is 2. The van der Waals surface area contributed by atoms with Gasteiger partial charge < -0.3 is 20.1 Å². The van der Waals surface area contributed by atoms with E-state index >= 15 is 0 Å². The Kier molecular flexibility index (Phi) is 6.10. The highest BCUT2D eigenvalue weighted by molar-refractivity contribution is 6.31. The van der Waals surface area contributed by atoms with E-state index < -0.39 is 17.2 Å². The summed E-state index contributed by atoms with van der Waals surface area (Å²) < 4.78 is 10.4. The lowest BCUT2D eigenvalue weighted by Gasteiger charge is -2.24. The molecule has 6 nitrogen and oxygen atoms in total. The predicted octanol–water partition coefficient (Wildman–Crippen LogP) is 3.96. The molecule has 2 rings (SSSR count). The second kappa shape index (κ2) is 8.10. The van der Waals surface area contributed by atoms with Gasteiger partial charge in [0.25, 0.3) is 0 Å². The van der Waals surface area contributed by atoms with Crippen LogP contribution in [0.1, 0.15) is 13.8 Å². The van der Waals surface area contributed by atoms with Crippen molar-refractivity contribution in [2.75, 3.05) is 24.9 Å². The van der Waals surface area contributed by atoms with Crippen LogP contribution >= 0.6 is 11.6 Å². The minimum atomic E-state index is -1.35. The maximum absolute atomic E-state index is 12.7. The van der Waals surface area contributed by atoms with Crippen LogP contribution in [0.3, 0.4) is 0 Å². The van der Waals surface area contributed by atoms with E-state index in [1.165, 1.54) is 28.1 Å². The number of benzene rings is 2. The summed E-state index contributed by atoms with van der Waals surface area (Å²) >= 11 is 5.97. The summed E-state index contributed by atoms with van der Waals surface area (Å²) in [6, 6.07) is 11.8. The number of halogens is 1. The molecule has 0 aliphatic rings. The molecule has 0 unspecified atom stereocenters. The van der Waals surface area contributed by atoms with Crippen LogP contribution in [0.5, 0.6) is 11.5 Å². The second-order valence-electron chi connectivity index (χ2n) is 6.08. The minimum Gasteiger partial charge on any atom is -0.495 e. The standard InChI is InChI=1S/C19H21ClN2O4/c1-19(2,17(23)21-13-7-5-6-8-15(13)25-3)18(24)22-14-11-12(20)9-10-16(14)26-4/h5-11H,1-4H3,(H,21,23)(H,22,24). The Morgan fingerprint density at radius 2 is 1.42 bits per heavy atom. The Balaban J connectivity index is 2.19. The topological polar surface area (TPSA) is 76.7 Å². The van der Waals surface area contributed by atoms with Crippen molar-refractivity contribution in [3.05, 3.63) is 47.5 Å². The van der Waals surface area contributed by atoms with E-state index in [4.69, 9.17) is 21.1 Å². The molecule has 0 aliphatic heterocycles. The van der Waals surface area contributed by atoms with Crippen molar-refractivity contribution in [3.8, 4) is 11.5 Å². The highest BCUT2D eigenvalue weighted by Gasteiger charge is 2.37. The summed E-state index contributed by atoms with van der Waals surface area (Å²) in [5, 5.41) is 5.87. The van der Waals surface area contributed by atoms with Gasteiger partial charge in [-0.15, -0.1) is 0 Å². The third-order valence-corrected chi connectivity index (χ3v) is 4.14. The Bertz CT molecular complexity index is 821. The molecule has 0 aromatic heterocycles. The summed E-state index contributed by atoms with van der Waals surface area (Å²) in [6.07, 6.45) is 0.